The lowest BCUT2D eigenvalue weighted by Gasteiger charge is -2.07. The van der Waals surface area contributed by atoms with Crippen molar-refractivity contribution in [3.05, 3.63) is 77.7 Å². The predicted octanol–water partition coefficient (Wildman–Crippen LogP) is 4.80. The number of rotatable bonds is 5. The Bertz CT molecular complexity index is 923. The van der Waals surface area contributed by atoms with Crippen LogP contribution in [0.3, 0.4) is 0 Å². The van der Waals surface area contributed by atoms with Gasteiger partial charge in [-0.3, -0.25) is 0 Å². The number of hydrogen-bond acceptors (Lipinski definition) is 2. The Morgan fingerprint density at radius 3 is 2.64 bits per heavy atom. The van der Waals surface area contributed by atoms with Crippen molar-refractivity contribution in [3.63, 3.8) is 0 Å². The summed E-state index contributed by atoms with van der Waals surface area (Å²) in [5.74, 6) is -0.552. The van der Waals surface area contributed by atoms with Gasteiger partial charge in [0.05, 0.1) is 6.61 Å². The first kappa shape index (κ1) is 17.0. The number of ether oxygens (including phenoxy) is 1. The first-order chi connectivity index (χ1) is 12.1. The van der Waals surface area contributed by atoms with Crippen LogP contribution in [0.15, 0.2) is 60.8 Å². The standard InChI is InChI=1S/C21H20FNO2/c1-3-25-21(24)12-15(2)17-6-9-20-18(13-17)10-11-23(20)14-16-4-7-19(22)8-5-16/h4-13H,3,14H2,1-2H3/b15-12+. The van der Waals surface area contributed by atoms with Crippen LogP contribution in [0.1, 0.15) is 25.0 Å². The summed E-state index contributed by atoms with van der Waals surface area (Å²) in [5.41, 5.74) is 3.99. The summed E-state index contributed by atoms with van der Waals surface area (Å²) in [7, 11) is 0. The fourth-order valence-corrected chi connectivity index (χ4v) is 2.81. The van der Waals surface area contributed by atoms with Crippen LogP contribution < -0.4 is 0 Å². The van der Waals surface area contributed by atoms with Crippen molar-refractivity contribution >= 4 is 22.4 Å². The molecule has 4 heteroatoms. The van der Waals surface area contributed by atoms with Crippen molar-refractivity contribution in [1.29, 1.82) is 0 Å². The third-order valence-electron chi connectivity index (χ3n) is 4.11. The quantitative estimate of drug-likeness (QED) is 0.495. The molecule has 3 aromatic rings. The maximum Gasteiger partial charge on any atom is 0.331 e. The summed E-state index contributed by atoms with van der Waals surface area (Å²) in [6.45, 7) is 4.74. The van der Waals surface area contributed by atoms with Gasteiger partial charge in [-0.1, -0.05) is 18.2 Å². The van der Waals surface area contributed by atoms with Gasteiger partial charge in [0.25, 0.3) is 0 Å². The molecule has 0 saturated heterocycles. The molecule has 0 aliphatic rings. The van der Waals surface area contributed by atoms with Crippen molar-refractivity contribution in [2.24, 2.45) is 0 Å². The highest BCUT2D eigenvalue weighted by atomic mass is 19.1. The van der Waals surface area contributed by atoms with Gasteiger partial charge in [0.2, 0.25) is 0 Å². The van der Waals surface area contributed by atoms with Gasteiger partial charge in [-0.15, -0.1) is 0 Å². The van der Waals surface area contributed by atoms with E-state index < -0.39 is 0 Å². The molecule has 0 radical (unpaired) electrons. The zero-order valence-electron chi connectivity index (χ0n) is 14.3. The highest BCUT2D eigenvalue weighted by Crippen LogP contribution is 2.23. The van der Waals surface area contributed by atoms with Crippen molar-refractivity contribution in [2.75, 3.05) is 6.61 Å². The molecular weight excluding hydrogens is 317 g/mol. The number of fused-ring (bicyclic) bond motifs is 1. The Morgan fingerprint density at radius 2 is 1.92 bits per heavy atom. The van der Waals surface area contributed by atoms with Gasteiger partial charge in [0.15, 0.2) is 0 Å². The molecular formula is C21H20FNO2. The first-order valence-corrected chi connectivity index (χ1v) is 8.25. The number of allylic oxidation sites excluding steroid dienone is 1. The molecule has 25 heavy (non-hydrogen) atoms. The summed E-state index contributed by atoms with van der Waals surface area (Å²) < 4.78 is 20.1. The van der Waals surface area contributed by atoms with Gasteiger partial charge in [0, 0.05) is 29.7 Å². The second kappa shape index (κ2) is 7.34. The van der Waals surface area contributed by atoms with Crippen LogP contribution >= 0.6 is 0 Å². The van der Waals surface area contributed by atoms with E-state index in [-0.39, 0.29) is 11.8 Å². The van der Waals surface area contributed by atoms with E-state index in [0.29, 0.717) is 13.2 Å². The third-order valence-corrected chi connectivity index (χ3v) is 4.11. The number of hydrogen-bond donors (Lipinski definition) is 0. The first-order valence-electron chi connectivity index (χ1n) is 8.25. The van der Waals surface area contributed by atoms with E-state index in [2.05, 4.69) is 10.6 Å². The number of esters is 1. The molecule has 0 saturated carbocycles. The topological polar surface area (TPSA) is 31.2 Å². The number of nitrogens with zero attached hydrogens (tertiary/aromatic N) is 1. The molecule has 3 rings (SSSR count). The fourth-order valence-electron chi connectivity index (χ4n) is 2.81. The number of halogens is 1. The molecule has 0 unspecified atom stereocenters. The normalized spacial score (nSPS) is 11.7. The van der Waals surface area contributed by atoms with E-state index >= 15 is 0 Å². The molecule has 2 aromatic carbocycles. The van der Waals surface area contributed by atoms with Crippen LogP contribution in [0, 0.1) is 5.82 Å². The number of carbonyl (C=O) groups is 1. The molecule has 0 aliphatic carbocycles. The maximum atomic E-state index is 13.0. The lowest BCUT2D eigenvalue weighted by Crippen LogP contribution is -2.00. The van der Waals surface area contributed by atoms with Crippen molar-refractivity contribution < 1.29 is 13.9 Å². The van der Waals surface area contributed by atoms with E-state index in [4.69, 9.17) is 4.74 Å². The SMILES string of the molecule is CCOC(=O)/C=C(\C)c1ccc2c(ccn2Cc2ccc(F)cc2)c1. The zero-order chi connectivity index (χ0) is 17.8. The number of benzene rings is 2. The van der Waals surface area contributed by atoms with Crippen LogP contribution in [0.2, 0.25) is 0 Å². The second-order valence-electron chi connectivity index (χ2n) is 5.92. The Balaban J connectivity index is 1.85. The predicted molar refractivity (Wildman–Crippen MR) is 97.7 cm³/mol. The number of carbonyl (C=O) groups excluding carboxylic acids is 1. The zero-order valence-corrected chi connectivity index (χ0v) is 14.3. The lowest BCUT2D eigenvalue weighted by molar-refractivity contribution is -0.137. The van der Waals surface area contributed by atoms with Gasteiger partial charge in [-0.05, 0) is 60.9 Å². The fraction of sp³-hybridized carbons (Fsp3) is 0.190. The minimum atomic E-state index is -0.325. The largest absolute Gasteiger partial charge is 0.463 e. The summed E-state index contributed by atoms with van der Waals surface area (Å²) >= 11 is 0. The molecule has 3 nitrogen and oxygen atoms in total. The Morgan fingerprint density at radius 1 is 1.16 bits per heavy atom. The molecule has 0 N–H and O–H groups in total. The number of aromatic nitrogens is 1. The van der Waals surface area contributed by atoms with Gasteiger partial charge in [-0.25, -0.2) is 9.18 Å². The minimum absolute atomic E-state index is 0.227. The summed E-state index contributed by atoms with van der Waals surface area (Å²) in [6, 6.07) is 14.7. The monoisotopic (exact) mass is 337 g/mol. The Labute approximate surface area is 146 Å². The Hall–Kier alpha value is -2.88. The smallest absolute Gasteiger partial charge is 0.331 e. The van der Waals surface area contributed by atoms with Gasteiger partial charge < -0.3 is 9.30 Å². The average molecular weight is 337 g/mol. The molecule has 0 fully saturated rings. The summed E-state index contributed by atoms with van der Waals surface area (Å²) in [5, 5.41) is 1.09. The van der Waals surface area contributed by atoms with Crippen LogP contribution in [0.5, 0.6) is 0 Å². The van der Waals surface area contributed by atoms with Crippen molar-refractivity contribution in [3.8, 4) is 0 Å². The maximum absolute atomic E-state index is 13.0. The van der Waals surface area contributed by atoms with E-state index in [1.807, 2.05) is 31.3 Å². The molecule has 0 atom stereocenters. The summed E-state index contributed by atoms with van der Waals surface area (Å²) in [4.78, 5) is 11.6. The summed E-state index contributed by atoms with van der Waals surface area (Å²) in [6.07, 6.45) is 3.53. The highest BCUT2D eigenvalue weighted by molar-refractivity contribution is 5.92. The third kappa shape index (κ3) is 3.97. The molecule has 0 spiro atoms. The van der Waals surface area contributed by atoms with Crippen LogP contribution in [0.25, 0.3) is 16.5 Å². The van der Waals surface area contributed by atoms with E-state index in [1.54, 1.807) is 19.1 Å². The average Bonchev–Trinajstić information content (AvgIpc) is 2.99. The van der Waals surface area contributed by atoms with E-state index in [9.17, 15) is 9.18 Å². The second-order valence-corrected chi connectivity index (χ2v) is 5.92. The van der Waals surface area contributed by atoms with Gasteiger partial charge in [-0.2, -0.15) is 0 Å². The van der Waals surface area contributed by atoms with E-state index in [1.165, 1.54) is 18.2 Å². The Kier molecular flexibility index (Phi) is 4.98. The van der Waals surface area contributed by atoms with Crippen LogP contribution in [-0.4, -0.2) is 17.1 Å². The van der Waals surface area contributed by atoms with Crippen LogP contribution in [0.4, 0.5) is 4.39 Å². The molecule has 0 bridgehead atoms. The lowest BCUT2D eigenvalue weighted by atomic mass is 10.1. The van der Waals surface area contributed by atoms with E-state index in [0.717, 1.165) is 27.6 Å². The molecule has 1 aromatic heterocycles. The van der Waals surface area contributed by atoms with Gasteiger partial charge >= 0.3 is 5.97 Å². The molecule has 1 heterocycles. The van der Waals surface area contributed by atoms with Crippen molar-refractivity contribution in [1.82, 2.24) is 4.57 Å². The van der Waals surface area contributed by atoms with Crippen molar-refractivity contribution in [2.45, 2.75) is 20.4 Å². The molecule has 128 valence electrons. The van der Waals surface area contributed by atoms with Crippen LogP contribution in [-0.2, 0) is 16.1 Å². The molecule has 0 amide bonds. The highest BCUT2D eigenvalue weighted by Gasteiger charge is 2.06. The molecule has 0 aliphatic heterocycles. The van der Waals surface area contributed by atoms with Gasteiger partial charge in [0.1, 0.15) is 5.82 Å². The minimum Gasteiger partial charge on any atom is -0.463 e.